The van der Waals surface area contributed by atoms with Crippen LogP contribution in [0.25, 0.3) is 0 Å². The van der Waals surface area contributed by atoms with Gasteiger partial charge >= 0.3 is 6.18 Å². The lowest BCUT2D eigenvalue weighted by molar-refractivity contribution is -0.150. The Labute approximate surface area is 94.0 Å². The Kier molecular flexibility index (Phi) is 4.82. The largest absolute Gasteiger partial charge is 0.413 e. The fourth-order valence-corrected chi connectivity index (χ4v) is 2.16. The van der Waals surface area contributed by atoms with Gasteiger partial charge in [-0.15, -0.1) is 0 Å². The molecule has 15 heavy (non-hydrogen) atoms. The number of hydrogen-bond donors (Lipinski definition) is 0. The Hall–Kier alpha value is -0.330. The molecule has 0 atom stereocenters. The van der Waals surface area contributed by atoms with Crippen molar-refractivity contribution in [2.24, 2.45) is 0 Å². The van der Waals surface area contributed by atoms with Crippen molar-refractivity contribution >= 4 is 21.9 Å². The second-order valence-corrected chi connectivity index (χ2v) is 4.76. The van der Waals surface area contributed by atoms with Crippen molar-refractivity contribution in [3.63, 3.8) is 0 Å². The molecule has 1 rings (SSSR count). The highest BCUT2D eigenvalue weighted by Crippen LogP contribution is 2.33. The molecular formula is C9H9F3OS2. The molecule has 1 aromatic carbocycles. The van der Waals surface area contributed by atoms with Crippen LogP contribution in [-0.2, 0) is 4.18 Å². The first-order chi connectivity index (χ1) is 6.97. The number of hydrogen-bond acceptors (Lipinski definition) is 3. The zero-order chi connectivity index (χ0) is 11.3. The van der Waals surface area contributed by atoms with E-state index in [-0.39, 0.29) is 0 Å². The molecule has 0 saturated carbocycles. The van der Waals surface area contributed by atoms with Gasteiger partial charge in [0.25, 0.3) is 0 Å². The van der Waals surface area contributed by atoms with E-state index in [2.05, 4.69) is 4.18 Å². The molecule has 0 bridgehead atoms. The Morgan fingerprint density at radius 2 is 1.80 bits per heavy atom. The van der Waals surface area contributed by atoms with Gasteiger partial charge in [-0.3, -0.25) is 4.18 Å². The van der Waals surface area contributed by atoms with Crippen molar-refractivity contribution in [1.29, 1.82) is 0 Å². The van der Waals surface area contributed by atoms with Gasteiger partial charge in [-0.1, -0.05) is 17.7 Å². The summed E-state index contributed by atoms with van der Waals surface area (Å²) in [4.78, 5) is 0.868. The summed E-state index contributed by atoms with van der Waals surface area (Å²) in [6, 6.07) is 7.47. The normalized spacial score (nSPS) is 11.7. The van der Waals surface area contributed by atoms with E-state index < -0.39 is 12.8 Å². The summed E-state index contributed by atoms with van der Waals surface area (Å²) in [5.41, 5.74) is 1.11. The van der Waals surface area contributed by atoms with Gasteiger partial charge in [-0.05, 0) is 29.9 Å². The number of alkyl halides is 3. The van der Waals surface area contributed by atoms with E-state index in [1.807, 2.05) is 31.2 Å². The van der Waals surface area contributed by atoms with Crippen LogP contribution in [0, 0.1) is 6.92 Å². The van der Waals surface area contributed by atoms with Crippen LogP contribution in [0.2, 0.25) is 0 Å². The summed E-state index contributed by atoms with van der Waals surface area (Å²) in [7, 11) is 1.16. The predicted molar refractivity (Wildman–Crippen MR) is 56.6 cm³/mol. The monoisotopic (exact) mass is 254 g/mol. The lowest BCUT2D eigenvalue weighted by atomic mass is 10.2. The quantitative estimate of drug-likeness (QED) is 0.452. The van der Waals surface area contributed by atoms with Crippen molar-refractivity contribution < 1.29 is 17.4 Å². The summed E-state index contributed by atoms with van der Waals surface area (Å²) < 4.78 is 39.4. The molecule has 6 heteroatoms. The molecule has 0 aromatic heterocycles. The smallest absolute Gasteiger partial charge is 0.295 e. The highest BCUT2D eigenvalue weighted by atomic mass is 33.1. The molecule has 0 aliphatic heterocycles. The lowest BCUT2D eigenvalue weighted by Gasteiger charge is -2.05. The molecule has 0 aliphatic rings. The Morgan fingerprint density at radius 1 is 1.20 bits per heavy atom. The zero-order valence-corrected chi connectivity index (χ0v) is 9.51. The third-order valence-electron chi connectivity index (χ3n) is 1.42. The van der Waals surface area contributed by atoms with E-state index >= 15 is 0 Å². The second kappa shape index (κ2) is 5.67. The van der Waals surface area contributed by atoms with E-state index in [0.29, 0.717) is 0 Å². The molecule has 0 unspecified atom stereocenters. The van der Waals surface area contributed by atoms with Crippen molar-refractivity contribution in [2.75, 3.05) is 6.61 Å². The fraction of sp³-hybridized carbons (Fsp3) is 0.333. The molecule has 0 N–H and O–H groups in total. The predicted octanol–water partition coefficient (Wildman–Crippen LogP) is 4.23. The molecule has 0 fully saturated rings. The second-order valence-electron chi connectivity index (χ2n) is 2.84. The standard InChI is InChI=1S/C9H9F3OS2/c1-7-2-4-8(5-3-7)14-15-13-6-9(10,11)12/h2-5H,6H2,1H3. The van der Waals surface area contributed by atoms with Crippen LogP contribution in [0.5, 0.6) is 0 Å². The van der Waals surface area contributed by atoms with E-state index in [1.165, 1.54) is 0 Å². The summed E-state index contributed by atoms with van der Waals surface area (Å²) in [6.45, 7) is 0.721. The van der Waals surface area contributed by atoms with Crippen LogP contribution < -0.4 is 0 Å². The first-order valence-corrected chi connectivity index (χ1v) is 6.14. The Morgan fingerprint density at radius 3 is 2.33 bits per heavy atom. The SMILES string of the molecule is Cc1ccc(SSOCC(F)(F)F)cc1. The molecule has 1 aromatic rings. The Balaban J connectivity index is 2.23. The number of benzene rings is 1. The van der Waals surface area contributed by atoms with Crippen LogP contribution in [0.1, 0.15) is 5.56 Å². The van der Waals surface area contributed by atoms with Gasteiger partial charge in [-0.25, -0.2) is 0 Å². The molecule has 0 radical (unpaired) electrons. The topological polar surface area (TPSA) is 9.23 Å². The summed E-state index contributed by atoms with van der Waals surface area (Å²) in [5, 5.41) is 0. The van der Waals surface area contributed by atoms with Crippen molar-refractivity contribution in [3.05, 3.63) is 29.8 Å². The van der Waals surface area contributed by atoms with Crippen LogP contribution in [0.4, 0.5) is 13.2 Å². The van der Waals surface area contributed by atoms with E-state index in [9.17, 15) is 13.2 Å². The van der Waals surface area contributed by atoms with Crippen LogP contribution >= 0.6 is 21.9 Å². The molecule has 0 spiro atoms. The van der Waals surface area contributed by atoms with E-state index in [0.717, 1.165) is 32.3 Å². The maximum atomic E-state index is 11.7. The molecular weight excluding hydrogens is 245 g/mol. The van der Waals surface area contributed by atoms with Crippen LogP contribution in [-0.4, -0.2) is 12.8 Å². The number of rotatable bonds is 4. The zero-order valence-electron chi connectivity index (χ0n) is 7.88. The minimum absolute atomic E-state index is 0.736. The summed E-state index contributed by atoms with van der Waals surface area (Å²) in [5.74, 6) is 0. The third-order valence-corrected chi connectivity index (χ3v) is 3.24. The van der Waals surface area contributed by atoms with E-state index in [1.54, 1.807) is 0 Å². The highest BCUT2D eigenvalue weighted by Gasteiger charge is 2.27. The third kappa shape index (κ3) is 5.96. The average Bonchev–Trinajstić information content (AvgIpc) is 2.14. The summed E-state index contributed by atoms with van der Waals surface area (Å²) >= 11 is 0.736. The first kappa shape index (κ1) is 12.7. The summed E-state index contributed by atoms with van der Waals surface area (Å²) in [6.07, 6.45) is -4.26. The average molecular weight is 254 g/mol. The molecule has 1 nitrogen and oxygen atoms in total. The molecule has 0 amide bonds. The number of halogens is 3. The maximum Gasteiger partial charge on any atom is 0.413 e. The molecule has 0 aliphatic carbocycles. The van der Waals surface area contributed by atoms with Gasteiger partial charge in [0.2, 0.25) is 0 Å². The van der Waals surface area contributed by atoms with Gasteiger partial charge < -0.3 is 0 Å². The van der Waals surface area contributed by atoms with Gasteiger partial charge in [-0.2, -0.15) is 13.2 Å². The van der Waals surface area contributed by atoms with Gasteiger partial charge in [0.05, 0.1) is 11.1 Å². The lowest BCUT2D eigenvalue weighted by Crippen LogP contribution is -2.13. The maximum absolute atomic E-state index is 11.7. The molecule has 0 saturated heterocycles. The van der Waals surface area contributed by atoms with Crippen molar-refractivity contribution in [3.8, 4) is 0 Å². The van der Waals surface area contributed by atoms with Crippen molar-refractivity contribution in [1.82, 2.24) is 0 Å². The van der Waals surface area contributed by atoms with E-state index in [4.69, 9.17) is 0 Å². The van der Waals surface area contributed by atoms with Gasteiger partial charge in [0.1, 0.15) is 0 Å². The fourth-order valence-electron chi connectivity index (χ4n) is 0.748. The minimum Gasteiger partial charge on any atom is -0.295 e. The highest BCUT2D eigenvalue weighted by molar-refractivity contribution is 8.74. The Bertz CT molecular complexity index is 297. The number of aryl methyl sites for hydroxylation is 1. The van der Waals surface area contributed by atoms with Crippen LogP contribution in [0.3, 0.4) is 0 Å². The van der Waals surface area contributed by atoms with Crippen molar-refractivity contribution in [2.45, 2.75) is 18.0 Å². The first-order valence-electron chi connectivity index (χ1n) is 4.07. The molecule has 84 valence electrons. The minimum atomic E-state index is -4.26. The van der Waals surface area contributed by atoms with Gasteiger partial charge in [0.15, 0.2) is 6.61 Å². The van der Waals surface area contributed by atoms with Gasteiger partial charge in [0, 0.05) is 4.90 Å². The molecule has 0 heterocycles. The van der Waals surface area contributed by atoms with Crippen LogP contribution in [0.15, 0.2) is 29.2 Å².